The molecule has 5 heteroatoms. The Morgan fingerprint density at radius 3 is 2.63 bits per heavy atom. The first-order valence-electron chi connectivity index (χ1n) is 6.41. The summed E-state index contributed by atoms with van der Waals surface area (Å²) < 4.78 is 35.7. The maximum absolute atomic E-state index is 13.0. The van der Waals surface area contributed by atoms with Gasteiger partial charge < -0.3 is 5.11 Å². The maximum atomic E-state index is 13.0. The molecule has 0 aliphatic heterocycles. The van der Waals surface area contributed by atoms with Crippen LogP contribution < -0.4 is 0 Å². The Hall–Kier alpha value is -0.940. The molecule has 0 radical (unpaired) electrons. The fourth-order valence-electron chi connectivity index (χ4n) is 1.99. The van der Waals surface area contributed by atoms with Crippen LogP contribution in [0.1, 0.15) is 32.3 Å². The van der Waals surface area contributed by atoms with E-state index in [0.717, 1.165) is 0 Å². The third-order valence-corrected chi connectivity index (χ3v) is 4.87. The molecule has 3 nitrogen and oxygen atoms in total. The van der Waals surface area contributed by atoms with Crippen molar-refractivity contribution in [2.24, 2.45) is 0 Å². The number of hydrogen-bond donors (Lipinski definition) is 1. The minimum atomic E-state index is -2.99. The molecular weight excluding hydrogens is 267 g/mol. The molecule has 0 heterocycles. The zero-order valence-corrected chi connectivity index (χ0v) is 12.2. The van der Waals surface area contributed by atoms with E-state index in [9.17, 15) is 17.9 Å². The Kier molecular flexibility index (Phi) is 5.50. The van der Waals surface area contributed by atoms with Gasteiger partial charge in [0.15, 0.2) is 0 Å². The molecule has 1 aromatic carbocycles. The molecule has 19 heavy (non-hydrogen) atoms. The number of hydrogen-bond acceptors (Lipinski definition) is 3. The van der Waals surface area contributed by atoms with Gasteiger partial charge in [0.05, 0.1) is 11.4 Å². The molecular formula is C14H21FO3S. The van der Waals surface area contributed by atoms with Crippen LogP contribution in [0.2, 0.25) is 0 Å². The molecule has 0 fully saturated rings. The highest BCUT2D eigenvalue weighted by atomic mass is 32.2. The van der Waals surface area contributed by atoms with Gasteiger partial charge in [-0.2, -0.15) is 0 Å². The second kappa shape index (κ2) is 6.48. The van der Waals surface area contributed by atoms with Crippen molar-refractivity contribution < 1.29 is 17.9 Å². The van der Waals surface area contributed by atoms with Crippen LogP contribution in [0.25, 0.3) is 0 Å². The van der Waals surface area contributed by atoms with E-state index >= 15 is 0 Å². The summed E-state index contributed by atoms with van der Waals surface area (Å²) in [5, 5.41) is 10.2. The Balaban J connectivity index is 2.52. The van der Waals surface area contributed by atoms with Crippen molar-refractivity contribution in [2.45, 2.75) is 38.7 Å². The topological polar surface area (TPSA) is 54.4 Å². The summed E-state index contributed by atoms with van der Waals surface area (Å²) in [4.78, 5) is 0. The van der Waals surface area contributed by atoms with E-state index in [0.29, 0.717) is 24.8 Å². The lowest BCUT2D eigenvalue weighted by atomic mass is 9.92. The van der Waals surface area contributed by atoms with E-state index in [1.54, 1.807) is 26.0 Å². The third kappa shape index (κ3) is 6.16. The third-order valence-electron chi connectivity index (χ3n) is 3.08. The number of rotatable bonds is 7. The lowest BCUT2D eigenvalue weighted by Gasteiger charge is -2.23. The molecule has 1 unspecified atom stereocenters. The largest absolute Gasteiger partial charge is 0.390 e. The summed E-state index contributed by atoms with van der Waals surface area (Å²) in [6.07, 6.45) is 1.11. The molecule has 0 bridgehead atoms. The molecule has 0 aliphatic rings. The van der Waals surface area contributed by atoms with Crippen LogP contribution in [-0.4, -0.2) is 30.6 Å². The van der Waals surface area contributed by atoms with Crippen LogP contribution in [0, 0.1) is 5.82 Å². The molecule has 0 aliphatic carbocycles. The van der Waals surface area contributed by atoms with Gasteiger partial charge in [0.2, 0.25) is 0 Å². The summed E-state index contributed by atoms with van der Waals surface area (Å²) in [7, 11) is -2.99. The van der Waals surface area contributed by atoms with Gasteiger partial charge in [0.25, 0.3) is 0 Å². The van der Waals surface area contributed by atoms with Crippen LogP contribution >= 0.6 is 0 Å². The van der Waals surface area contributed by atoms with Crippen molar-refractivity contribution >= 4 is 9.84 Å². The first-order chi connectivity index (χ1) is 8.74. The molecule has 0 saturated carbocycles. The molecule has 0 amide bonds. The molecule has 108 valence electrons. The van der Waals surface area contributed by atoms with Gasteiger partial charge in [0.1, 0.15) is 15.7 Å². The van der Waals surface area contributed by atoms with Gasteiger partial charge in [-0.25, -0.2) is 12.8 Å². The fraction of sp³-hybridized carbons (Fsp3) is 0.571. The van der Waals surface area contributed by atoms with Gasteiger partial charge in [-0.05, 0) is 37.5 Å². The maximum Gasteiger partial charge on any atom is 0.150 e. The lowest BCUT2D eigenvalue weighted by Crippen LogP contribution is -2.28. The summed E-state index contributed by atoms with van der Waals surface area (Å²) in [5.41, 5.74) is -0.305. The van der Waals surface area contributed by atoms with Crippen molar-refractivity contribution in [3.05, 3.63) is 35.6 Å². The molecule has 1 atom stereocenters. The highest BCUT2D eigenvalue weighted by Crippen LogP contribution is 2.19. The molecule has 1 rings (SSSR count). The highest BCUT2D eigenvalue weighted by molar-refractivity contribution is 7.91. The predicted molar refractivity (Wildman–Crippen MR) is 74.3 cm³/mol. The smallest absolute Gasteiger partial charge is 0.150 e. The van der Waals surface area contributed by atoms with E-state index in [-0.39, 0.29) is 17.3 Å². The van der Waals surface area contributed by atoms with E-state index < -0.39 is 15.4 Å². The number of sulfone groups is 1. The normalized spacial score (nSPS) is 15.2. The van der Waals surface area contributed by atoms with Gasteiger partial charge in [0, 0.05) is 12.2 Å². The molecule has 1 N–H and O–H groups in total. The molecule has 0 spiro atoms. The summed E-state index contributed by atoms with van der Waals surface area (Å²) in [6.45, 7) is 3.26. The Labute approximate surface area is 114 Å². The average Bonchev–Trinajstić information content (AvgIpc) is 2.27. The van der Waals surface area contributed by atoms with Crippen LogP contribution in [-0.2, 0) is 16.3 Å². The Morgan fingerprint density at radius 2 is 2.05 bits per heavy atom. The van der Waals surface area contributed by atoms with Crippen molar-refractivity contribution in [1.29, 1.82) is 0 Å². The number of halogens is 1. The van der Waals surface area contributed by atoms with E-state index in [1.165, 1.54) is 12.1 Å². The van der Waals surface area contributed by atoms with E-state index in [4.69, 9.17) is 0 Å². The first kappa shape index (κ1) is 16.1. The molecule has 1 aromatic rings. The van der Waals surface area contributed by atoms with Crippen LogP contribution in [0.3, 0.4) is 0 Å². The van der Waals surface area contributed by atoms with Crippen LogP contribution in [0.5, 0.6) is 0 Å². The van der Waals surface area contributed by atoms with Crippen molar-refractivity contribution in [1.82, 2.24) is 0 Å². The fourth-order valence-corrected chi connectivity index (χ4v) is 2.87. The predicted octanol–water partition coefficient (Wildman–Crippen LogP) is 2.33. The van der Waals surface area contributed by atoms with E-state index in [1.807, 2.05) is 0 Å². The van der Waals surface area contributed by atoms with Crippen molar-refractivity contribution in [3.8, 4) is 0 Å². The number of aliphatic hydroxyl groups is 1. The summed E-state index contributed by atoms with van der Waals surface area (Å²) in [5.74, 6) is -0.121. The minimum absolute atomic E-state index is 0.0861. The zero-order valence-electron chi connectivity index (χ0n) is 11.4. The Morgan fingerprint density at radius 1 is 1.37 bits per heavy atom. The zero-order chi connectivity index (χ0) is 14.5. The average molecular weight is 288 g/mol. The van der Waals surface area contributed by atoms with Crippen LogP contribution in [0.4, 0.5) is 4.39 Å². The monoisotopic (exact) mass is 288 g/mol. The summed E-state index contributed by atoms with van der Waals surface area (Å²) >= 11 is 0. The van der Waals surface area contributed by atoms with Gasteiger partial charge in [-0.3, -0.25) is 0 Å². The second-order valence-corrected chi connectivity index (χ2v) is 7.62. The second-order valence-electron chi connectivity index (χ2n) is 5.14. The van der Waals surface area contributed by atoms with Crippen molar-refractivity contribution in [3.63, 3.8) is 0 Å². The summed E-state index contributed by atoms with van der Waals surface area (Å²) in [6, 6.07) is 6.09. The van der Waals surface area contributed by atoms with Gasteiger partial charge >= 0.3 is 0 Å². The van der Waals surface area contributed by atoms with Gasteiger partial charge in [-0.15, -0.1) is 0 Å². The van der Waals surface area contributed by atoms with Gasteiger partial charge in [-0.1, -0.05) is 19.1 Å². The highest BCUT2D eigenvalue weighted by Gasteiger charge is 2.22. The van der Waals surface area contributed by atoms with Crippen molar-refractivity contribution in [2.75, 3.05) is 11.5 Å². The standard InChI is InChI=1S/C14H21FO3S/c1-3-19(17,18)9-5-8-14(2,16)11-12-6-4-7-13(15)10-12/h4,6-7,10,16H,3,5,8-9,11H2,1-2H3. The Bertz CT molecular complexity index is 509. The first-order valence-corrected chi connectivity index (χ1v) is 8.23. The van der Waals surface area contributed by atoms with Crippen LogP contribution in [0.15, 0.2) is 24.3 Å². The molecule has 0 saturated heterocycles. The lowest BCUT2D eigenvalue weighted by molar-refractivity contribution is 0.0507. The minimum Gasteiger partial charge on any atom is -0.390 e. The number of benzene rings is 1. The SMILES string of the molecule is CCS(=O)(=O)CCCC(C)(O)Cc1cccc(F)c1. The molecule has 0 aromatic heterocycles. The van der Waals surface area contributed by atoms with E-state index in [2.05, 4.69) is 0 Å². The quantitative estimate of drug-likeness (QED) is 0.838.